The maximum absolute atomic E-state index is 11.6. The Bertz CT molecular complexity index is 565. The van der Waals surface area contributed by atoms with Gasteiger partial charge in [-0.25, -0.2) is 0 Å². The number of amides is 1. The van der Waals surface area contributed by atoms with Gasteiger partial charge in [0.2, 0.25) is 0 Å². The molecule has 0 radical (unpaired) electrons. The number of aromatic amines is 1. The molecule has 0 spiro atoms. The van der Waals surface area contributed by atoms with E-state index >= 15 is 0 Å². The Morgan fingerprint density at radius 2 is 2.37 bits per heavy atom. The summed E-state index contributed by atoms with van der Waals surface area (Å²) in [6.45, 7) is 2.29. The van der Waals surface area contributed by atoms with Crippen molar-refractivity contribution in [3.05, 3.63) is 41.7 Å². The van der Waals surface area contributed by atoms with Crippen LogP contribution in [0.15, 0.2) is 30.5 Å². The van der Waals surface area contributed by atoms with E-state index in [1.807, 2.05) is 6.92 Å². The molecule has 0 bridgehead atoms. The quantitative estimate of drug-likeness (QED) is 0.699. The maximum Gasteiger partial charge on any atom is 0.258 e. The average Bonchev–Trinajstić information content (AvgIpc) is 2.80. The molecule has 0 fully saturated rings. The molecule has 0 saturated carbocycles. The number of nitrogens with one attached hydrogen (secondary N) is 2. The second-order valence-corrected chi connectivity index (χ2v) is 4.16. The Morgan fingerprint density at radius 3 is 3.05 bits per heavy atom. The van der Waals surface area contributed by atoms with Gasteiger partial charge in [-0.1, -0.05) is 6.07 Å². The smallest absolute Gasteiger partial charge is 0.258 e. The van der Waals surface area contributed by atoms with E-state index in [4.69, 9.17) is 10.5 Å². The summed E-state index contributed by atoms with van der Waals surface area (Å²) in [4.78, 5) is 11.6. The molecule has 2 rings (SSSR count). The predicted octanol–water partition coefficient (Wildman–Crippen LogP) is 0.996. The molecule has 1 amide bonds. The van der Waals surface area contributed by atoms with Gasteiger partial charge in [-0.3, -0.25) is 9.89 Å². The summed E-state index contributed by atoms with van der Waals surface area (Å²) in [5.74, 6) is 0.387. The van der Waals surface area contributed by atoms with Gasteiger partial charge in [-0.2, -0.15) is 5.10 Å². The van der Waals surface area contributed by atoms with Gasteiger partial charge in [-0.05, 0) is 19.1 Å². The van der Waals surface area contributed by atoms with Crippen molar-refractivity contribution in [1.82, 2.24) is 15.5 Å². The first-order chi connectivity index (χ1) is 9.15. The second kappa shape index (κ2) is 5.90. The van der Waals surface area contributed by atoms with E-state index in [1.54, 1.807) is 30.5 Å². The summed E-state index contributed by atoms with van der Waals surface area (Å²) in [6.07, 6.45) is 1.69. The molecule has 6 nitrogen and oxygen atoms in total. The average molecular weight is 260 g/mol. The number of nitrogen functional groups attached to an aromatic ring is 1. The number of aromatic nitrogens is 2. The van der Waals surface area contributed by atoms with Gasteiger partial charge in [0.1, 0.15) is 5.75 Å². The van der Waals surface area contributed by atoms with Gasteiger partial charge in [0.15, 0.2) is 6.61 Å². The van der Waals surface area contributed by atoms with Gasteiger partial charge in [0.05, 0.1) is 6.20 Å². The summed E-state index contributed by atoms with van der Waals surface area (Å²) in [5, 5.41) is 9.45. The summed E-state index contributed by atoms with van der Waals surface area (Å²) in [6, 6.07) is 6.96. The first kappa shape index (κ1) is 12.9. The second-order valence-electron chi connectivity index (χ2n) is 4.16. The van der Waals surface area contributed by atoms with Crippen molar-refractivity contribution >= 4 is 11.6 Å². The third-order valence-corrected chi connectivity index (χ3v) is 2.64. The van der Waals surface area contributed by atoms with Crippen molar-refractivity contribution in [2.45, 2.75) is 13.5 Å². The molecular formula is C13H16N4O2. The molecule has 2 aromatic rings. The maximum atomic E-state index is 11.6. The Morgan fingerprint density at radius 1 is 1.53 bits per heavy atom. The highest BCUT2D eigenvalue weighted by atomic mass is 16.5. The van der Waals surface area contributed by atoms with Crippen molar-refractivity contribution in [2.75, 3.05) is 12.3 Å². The number of hydrogen-bond acceptors (Lipinski definition) is 4. The Kier molecular flexibility index (Phi) is 4.02. The fourth-order valence-electron chi connectivity index (χ4n) is 1.55. The topological polar surface area (TPSA) is 93.0 Å². The Labute approximate surface area is 111 Å². The molecule has 0 atom stereocenters. The lowest BCUT2D eigenvalue weighted by molar-refractivity contribution is -0.123. The van der Waals surface area contributed by atoms with Gasteiger partial charge in [0, 0.05) is 29.6 Å². The largest absolute Gasteiger partial charge is 0.484 e. The van der Waals surface area contributed by atoms with Crippen LogP contribution in [0.4, 0.5) is 5.69 Å². The number of carbonyl (C=O) groups excluding carboxylic acids is 1. The monoisotopic (exact) mass is 260 g/mol. The lowest BCUT2D eigenvalue weighted by atomic mass is 10.2. The van der Waals surface area contributed by atoms with E-state index in [9.17, 15) is 4.79 Å². The summed E-state index contributed by atoms with van der Waals surface area (Å²) in [5.41, 5.74) is 8.11. The highest BCUT2D eigenvalue weighted by Crippen LogP contribution is 2.14. The number of nitrogens with zero attached hydrogens (tertiary/aromatic N) is 1. The molecule has 0 saturated heterocycles. The van der Waals surface area contributed by atoms with Crippen LogP contribution in [0.1, 0.15) is 11.3 Å². The molecule has 1 aromatic heterocycles. The Hall–Kier alpha value is -2.50. The first-order valence-electron chi connectivity index (χ1n) is 5.89. The predicted molar refractivity (Wildman–Crippen MR) is 71.5 cm³/mol. The zero-order chi connectivity index (χ0) is 13.7. The van der Waals surface area contributed by atoms with E-state index < -0.39 is 0 Å². The van der Waals surface area contributed by atoms with Crippen molar-refractivity contribution in [2.24, 2.45) is 0 Å². The lowest BCUT2D eigenvalue weighted by Gasteiger charge is -2.07. The number of H-pyrrole nitrogens is 1. The lowest BCUT2D eigenvalue weighted by Crippen LogP contribution is -2.28. The summed E-state index contributed by atoms with van der Waals surface area (Å²) in [7, 11) is 0. The molecule has 6 heteroatoms. The van der Waals surface area contributed by atoms with E-state index in [-0.39, 0.29) is 12.5 Å². The van der Waals surface area contributed by atoms with Crippen LogP contribution in [-0.2, 0) is 11.3 Å². The van der Waals surface area contributed by atoms with Gasteiger partial charge in [-0.15, -0.1) is 0 Å². The number of ether oxygens (including phenoxy) is 1. The highest BCUT2D eigenvalue weighted by molar-refractivity contribution is 5.77. The number of carbonyl (C=O) groups is 1. The number of hydrogen-bond donors (Lipinski definition) is 3. The van der Waals surface area contributed by atoms with Gasteiger partial charge in [0.25, 0.3) is 5.91 Å². The molecule has 0 aliphatic rings. The molecule has 4 N–H and O–H groups in total. The summed E-state index contributed by atoms with van der Waals surface area (Å²) >= 11 is 0. The third kappa shape index (κ3) is 3.74. The van der Waals surface area contributed by atoms with Crippen LogP contribution in [-0.4, -0.2) is 22.7 Å². The first-order valence-corrected chi connectivity index (χ1v) is 5.89. The molecule has 0 unspecified atom stereocenters. The molecule has 1 aromatic carbocycles. The van der Waals surface area contributed by atoms with E-state index in [0.717, 1.165) is 11.3 Å². The normalized spacial score (nSPS) is 10.2. The van der Waals surface area contributed by atoms with Crippen LogP contribution < -0.4 is 15.8 Å². The van der Waals surface area contributed by atoms with Crippen LogP contribution in [0.2, 0.25) is 0 Å². The van der Waals surface area contributed by atoms with Crippen LogP contribution in [0.5, 0.6) is 5.75 Å². The number of benzene rings is 1. The van der Waals surface area contributed by atoms with E-state index in [2.05, 4.69) is 15.5 Å². The molecule has 100 valence electrons. The molecule has 0 aliphatic heterocycles. The molecular weight excluding hydrogens is 244 g/mol. The molecule has 1 heterocycles. The zero-order valence-electron chi connectivity index (χ0n) is 10.6. The van der Waals surface area contributed by atoms with E-state index in [1.165, 1.54) is 0 Å². The highest BCUT2D eigenvalue weighted by Gasteiger charge is 2.05. The number of anilines is 1. The van der Waals surface area contributed by atoms with Crippen LogP contribution in [0.3, 0.4) is 0 Å². The Balaban J connectivity index is 1.77. The molecule has 19 heavy (non-hydrogen) atoms. The minimum atomic E-state index is -0.192. The van der Waals surface area contributed by atoms with Crippen molar-refractivity contribution in [3.63, 3.8) is 0 Å². The number of rotatable bonds is 5. The van der Waals surface area contributed by atoms with Crippen LogP contribution in [0.25, 0.3) is 0 Å². The van der Waals surface area contributed by atoms with E-state index in [0.29, 0.717) is 18.0 Å². The van der Waals surface area contributed by atoms with Gasteiger partial charge >= 0.3 is 0 Å². The van der Waals surface area contributed by atoms with Crippen molar-refractivity contribution in [3.8, 4) is 5.75 Å². The number of nitrogens with two attached hydrogens (primary N) is 1. The van der Waals surface area contributed by atoms with Crippen LogP contribution in [0, 0.1) is 6.92 Å². The third-order valence-electron chi connectivity index (χ3n) is 2.64. The fraction of sp³-hybridized carbons (Fsp3) is 0.231. The van der Waals surface area contributed by atoms with Gasteiger partial charge < -0.3 is 15.8 Å². The summed E-state index contributed by atoms with van der Waals surface area (Å²) < 4.78 is 5.33. The van der Waals surface area contributed by atoms with Crippen molar-refractivity contribution in [1.29, 1.82) is 0 Å². The molecule has 0 aliphatic carbocycles. The fourth-order valence-corrected chi connectivity index (χ4v) is 1.55. The number of aryl methyl sites for hydroxylation is 1. The SMILES string of the molecule is Cc1[nH]ncc1CNC(=O)COc1cccc(N)c1. The minimum absolute atomic E-state index is 0.0413. The zero-order valence-corrected chi connectivity index (χ0v) is 10.6. The standard InChI is InChI=1S/C13H16N4O2/c1-9-10(7-16-17-9)6-15-13(18)8-19-12-4-2-3-11(14)5-12/h2-5,7H,6,8,14H2,1H3,(H,15,18)(H,16,17). The minimum Gasteiger partial charge on any atom is -0.484 e. The van der Waals surface area contributed by atoms with Crippen molar-refractivity contribution < 1.29 is 9.53 Å². The van der Waals surface area contributed by atoms with Crippen LogP contribution >= 0.6 is 0 Å².